The predicted molar refractivity (Wildman–Crippen MR) is 74.6 cm³/mol. The van der Waals surface area contributed by atoms with Gasteiger partial charge in [0, 0.05) is 0 Å². The van der Waals surface area contributed by atoms with Gasteiger partial charge >= 0.3 is 12.1 Å². The summed E-state index contributed by atoms with van der Waals surface area (Å²) in [5, 5.41) is 17.6. The van der Waals surface area contributed by atoms with Crippen LogP contribution in [0.15, 0.2) is 36.4 Å². The Morgan fingerprint density at radius 1 is 1.22 bits per heavy atom. The topological polar surface area (TPSA) is 70.3 Å². The van der Waals surface area contributed by atoms with E-state index < -0.39 is 17.7 Å². The van der Waals surface area contributed by atoms with Crippen LogP contribution in [0.5, 0.6) is 11.5 Å². The quantitative estimate of drug-likeness (QED) is 0.876. The number of rotatable bonds is 3. The smallest absolute Gasteiger partial charge is 0.416 e. The lowest BCUT2D eigenvalue weighted by molar-refractivity contribution is -0.137. The first-order chi connectivity index (χ1) is 10.7. The summed E-state index contributed by atoms with van der Waals surface area (Å²) in [6.07, 6.45) is -4.53. The summed E-state index contributed by atoms with van der Waals surface area (Å²) in [4.78, 5) is 11.0. The number of hydrogen-bond acceptors (Lipinski definition) is 3. The summed E-state index contributed by atoms with van der Waals surface area (Å²) in [6.45, 7) is 0. The molecule has 0 atom stereocenters. The van der Waals surface area contributed by atoms with E-state index in [1.165, 1.54) is 12.1 Å². The van der Waals surface area contributed by atoms with Crippen LogP contribution < -0.4 is 4.74 Å². The summed E-state index contributed by atoms with van der Waals surface area (Å²) in [5.41, 5.74) is -1.28. The van der Waals surface area contributed by atoms with Crippen LogP contribution in [0.1, 0.15) is 21.5 Å². The lowest BCUT2D eigenvalue weighted by Gasteiger charge is -2.11. The van der Waals surface area contributed by atoms with E-state index in [1.807, 2.05) is 0 Å². The van der Waals surface area contributed by atoms with Gasteiger partial charge < -0.3 is 9.84 Å². The van der Waals surface area contributed by atoms with Crippen LogP contribution in [-0.2, 0) is 6.18 Å². The second kappa shape index (κ2) is 6.18. The Morgan fingerprint density at radius 3 is 2.43 bits per heavy atom. The Balaban J connectivity index is 2.35. The van der Waals surface area contributed by atoms with Crippen LogP contribution in [-0.4, -0.2) is 11.1 Å². The molecule has 0 aliphatic rings. The van der Waals surface area contributed by atoms with Crippen molar-refractivity contribution in [3.8, 4) is 17.6 Å². The van der Waals surface area contributed by atoms with E-state index in [9.17, 15) is 18.0 Å². The van der Waals surface area contributed by atoms with Gasteiger partial charge in [0.2, 0.25) is 0 Å². The van der Waals surface area contributed by atoms with Crippen molar-refractivity contribution in [2.24, 2.45) is 0 Å². The molecule has 2 aromatic carbocycles. The van der Waals surface area contributed by atoms with Crippen molar-refractivity contribution >= 4 is 17.6 Å². The monoisotopic (exact) mass is 341 g/mol. The van der Waals surface area contributed by atoms with E-state index in [0.717, 1.165) is 18.2 Å². The maximum absolute atomic E-state index is 12.6. The molecule has 1 N–H and O–H groups in total. The molecule has 0 aromatic heterocycles. The van der Waals surface area contributed by atoms with Gasteiger partial charge in [-0.15, -0.1) is 0 Å². The molecule has 0 unspecified atom stereocenters. The van der Waals surface area contributed by atoms with Gasteiger partial charge in [0.15, 0.2) is 0 Å². The molecule has 2 rings (SSSR count). The normalized spacial score (nSPS) is 10.9. The number of nitrogens with zero attached hydrogens (tertiary/aromatic N) is 1. The number of alkyl halides is 3. The SMILES string of the molecule is N#Cc1ccc(Oc2ccc(C(F)(F)F)cc2Cl)cc1C(=O)O. The summed E-state index contributed by atoms with van der Waals surface area (Å²) in [7, 11) is 0. The molecule has 0 spiro atoms. The molecule has 2 aromatic rings. The number of carbonyl (C=O) groups is 1. The Labute approximate surface area is 133 Å². The van der Waals surface area contributed by atoms with Crippen molar-refractivity contribution in [2.75, 3.05) is 0 Å². The molecular weight excluding hydrogens is 335 g/mol. The molecular formula is C15H7ClF3NO3. The lowest BCUT2D eigenvalue weighted by atomic mass is 10.1. The van der Waals surface area contributed by atoms with E-state index in [2.05, 4.69) is 0 Å². The van der Waals surface area contributed by atoms with Gasteiger partial charge in [0.25, 0.3) is 0 Å². The second-order valence-electron chi connectivity index (χ2n) is 4.37. The van der Waals surface area contributed by atoms with E-state index >= 15 is 0 Å². The maximum atomic E-state index is 12.6. The van der Waals surface area contributed by atoms with Crippen LogP contribution in [0.2, 0.25) is 5.02 Å². The zero-order chi connectivity index (χ0) is 17.2. The molecule has 118 valence electrons. The van der Waals surface area contributed by atoms with Crippen LogP contribution in [0, 0.1) is 11.3 Å². The number of carboxylic acids is 1. The lowest BCUT2D eigenvalue weighted by Crippen LogP contribution is -2.04. The van der Waals surface area contributed by atoms with Crippen molar-refractivity contribution < 1.29 is 27.8 Å². The van der Waals surface area contributed by atoms with E-state index in [-0.39, 0.29) is 27.6 Å². The summed E-state index contributed by atoms with van der Waals surface area (Å²) in [5.74, 6) is -1.37. The number of aromatic carboxylic acids is 1. The van der Waals surface area contributed by atoms with E-state index in [4.69, 9.17) is 26.7 Å². The minimum Gasteiger partial charge on any atom is -0.478 e. The fourth-order valence-corrected chi connectivity index (χ4v) is 1.97. The van der Waals surface area contributed by atoms with Crippen LogP contribution in [0.25, 0.3) is 0 Å². The number of ether oxygens (including phenoxy) is 1. The molecule has 4 nitrogen and oxygen atoms in total. The molecule has 0 fully saturated rings. The molecule has 0 aliphatic carbocycles. The second-order valence-corrected chi connectivity index (χ2v) is 4.78. The summed E-state index contributed by atoms with van der Waals surface area (Å²) in [6, 6.07) is 7.89. The summed E-state index contributed by atoms with van der Waals surface area (Å²) >= 11 is 5.75. The molecule has 0 bridgehead atoms. The minimum absolute atomic E-state index is 0.0306. The fourth-order valence-electron chi connectivity index (χ4n) is 1.75. The van der Waals surface area contributed by atoms with Crippen molar-refractivity contribution in [3.63, 3.8) is 0 Å². The molecule has 0 heterocycles. The van der Waals surface area contributed by atoms with Crippen LogP contribution >= 0.6 is 11.6 Å². The largest absolute Gasteiger partial charge is 0.478 e. The highest BCUT2D eigenvalue weighted by Crippen LogP contribution is 2.36. The summed E-state index contributed by atoms with van der Waals surface area (Å²) < 4.78 is 43.0. The standard InChI is InChI=1S/C15H7ClF3NO3/c16-12-5-9(15(17,18)19)2-4-13(12)23-10-3-1-8(7-20)11(6-10)14(21)22/h1-6H,(H,21,22). The number of benzene rings is 2. The Bertz CT molecular complexity index is 813. The molecule has 8 heteroatoms. The highest BCUT2D eigenvalue weighted by atomic mass is 35.5. The molecule has 0 saturated carbocycles. The maximum Gasteiger partial charge on any atom is 0.416 e. The van der Waals surface area contributed by atoms with Gasteiger partial charge in [0.1, 0.15) is 17.6 Å². The third kappa shape index (κ3) is 3.73. The average Bonchev–Trinajstić information content (AvgIpc) is 2.48. The molecule has 0 aliphatic heterocycles. The molecule has 0 saturated heterocycles. The number of nitriles is 1. The van der Waals surface area contributed by atoms with Crippen molar-refractivity contribution in [1.82, 2.24) is 0 Å². The fraction of sp³-hybridized carbons (Fsp3) is 0.0667. The van der Waals surface area contributed by atoms with Gasteiger partial charge in [-0.1, -0.05) is 11.6 Å². The number of halogens is 4. The van der Waals surface area contributed by atoms with Crippen molar-refractivity contribution in [1.29, 1.82) is 5.26 Å². The predicted octanol–water partition coefficient (Wildman–Crippen LogP) is 4.72. The van der Waals surface area contributed by atoms with Gasteiger partial charge in [-0.2, -0.15) is 18.4 Å². The highest BCUT2D eigenvalue weighted by Gasteiger charge is 2.31. The van der Waals surface area contributed by atoms with Gasteiger partial charge in [-0.3, -0.25) is 0 Å². The van der Waals surface area contributed by atoms with Gasteiger partial charge in [-0.25, -0.2) is 4.79 Å². The van der Waals surface area contributed by atoms with Crippen LogP contribution in [0.4, 0.5) is 13.2 Å². The zero-order valence-corrected chi connectivity index (χ0v) is 11.9. The Kier molecular flexibility index (Phi) is 4.48. The first-order valence-electron chi connectivity index (χ1n) is 6.04. The highest BCUT2D eigenvalue weighted by molar-refractivity contribution is 6.32. The van der Waals surface area contributed by atoms with E-state index in [1.54, 1.807) is 6.07 Å². The van der Waals surface area contributed by atoms with Gasteiger partial charge in [0.05, 0.1) is 21.7 Å². The van der Waals surface area contributed by atoms with Crippen LogP contribution in [0.3, 0.4) is 0 Å². The van der Waals surface area contributed by atoms with E-state index in [0.29, 0.717) is 6.07 Å². The number of hydrogen-bond donors (Lipinski definition) is 1. The molecule has 23 heavy (non-hydrogen) atoms. The zero-order valence-electron chi connectivity index (χ0n) is 11.2. The molecule has 0 radical (unpaired) electrons. The first-order valence-corrected chi connectivity index (χ1v) is 6.42. The first kappa shape index (κ1) is 16.6. The minimum atomic E-state index is -4.53. The Morgan fingerprint density at radius 2 is 1.91 bits per heavy atom. The van der Waals surface area contributed by atoms with Crippen molar-refractivity contribution in [2.45, 2.75) is 6.18 Å². The number of carboxylic acid groups (broad SMARTS) is 1. The average molecular weight is 342 g/mol. The molecule has 0 amide bonds. The van der Waals surface area contributed by atoms with Crippen molar-refractivity contribution in [3.05, 3.63) is 58.1 Å². The third-order valence-corrected chi connectivity index (χ3v) is 3.12. The Hall–Kier alpha value is -2.72. The van der Waals surface area contributed by atoms with Gasteiger partial charge in [-0.05, 0) is 36.4 Å². The third-order valence-electron chi connectivity index (χ3n) is 2.83.